The second-order valence-corrected chi connectivity index (χ2v) is 7.07. The van der Waals surface area contributed by atoms with Gasteiger partial charge < -0.3 is 19.3 Å². The van der Waals surface area contributed by atoms with Crippen molar-refractivity contribution in [1.82, 2.24) is 0 Å². The van der Waals surface area contributed by atoms with E-state index in [1.54, 1.807) is 20.1 Å². The smallest absolute Gasteiger partial charge is 0.161 e. The van der Waals surface area contributed by atoms with E-state index in [0.29, 0.717) is 18.8 Å². The van der Waals surface area contributed by atoms with Gasteiger partial charge in [-0.25, -0.2) is 0 Å². The number of benzene rings is 2. The van der Waals surface area contributed by atoms with E-state index in [4.69, 9.17) is 14.2 Å². The van der Waals surface area contributed by atoms with Gasteiger partial charge in [0.2, 0.25) is 0 Å². The molecule has 0 aliphatic heterocycles. The molecule has 28 heavy (non-hydrogen) atoms. The maximum absolute atomic E-state index is 12.1. The number of carbonyl (C=O) groups excluding carboxylic acids is 1. The molecule has 0 saturated carbocycles. The van der Waals surface area contributed by atoms with Gasteiger partial charge >= 0.3 is 0 Å². The van der Waals surface area contributed by atoms with Gasteiger partial charge in [-0.2, -0.15) is 0 Å². The number of ether oxygens (including phenoxy) is 3. The molecule has 0 amide bonds. The number of Topliss-reactive ketones (excluding diaryl/α,β-unsaturated/α-hetero) is 1. The Kier molecular flexibility index (Phi) is 6.62. The summed E-state index contributed by atoms with van der Waals surface area (Å²) in [6, 6.07) is 17.2. The maximum Gasteiger partial charge on any atom is 0.161 e. The van der Waals surface area contributed by atoms with Crippen LogP contribution in [0.4, 0.5) is 0 Å². The zero-order valence-corrected chi connectivity index (χ0v) is 16.3. The van der Waals surface area contributed by atoms with E-state index in [1.807, 2.05) is 54.6 Å². The number of aliphatic hydroxyl groups is 1. The molecule has 5 heteroatoms. The van der Waals surface area contributed by atoms with Crippen molar-refractivity contribution < 1.29 is 24.1 Å². The molecule has 0 radical (unpaired) electrons. The third-order valence-electron chi connectivity index (χ3n) is 4.89. The minimum absolute atomic E-state index is 0.0158. The van der Waals surface area contributed by atoms with E-state index in [0.717, 1.165) is 16.9 Å². The van der Waals surface area contributed by atoms with Gasteiger partial charge in [0.15, 0.2) is 5.78 Å². The van der Waals surface area contributed by atoms with Crippen molar-refractivity contribution in [3.05, 3.63) is 77.4 Å². The molecule has 148 valence electrons. The predicted molar refractivity (Wildman–Crippen MR) is 106 cm³/mol. The number of allylic oxidation sites excluding steroid dienone is 1. The molecule has 1 N–H and O–H groups in total. The molecular formula is C23H26O5. The van der Waals surface area contributed by atoms with Crippen LogP contribution in [0.5, 0.6) is 5.75 Å². The molecular weight excluding hydrogens is 356 g/mol. The van der Waals surface area contributed by atoms with Crippen molar-refractivity contribution in [2.24, 2.45) is 0 Å². The van der Waals surface area contributed by atoms with Crippen molar-refractivity contribution in [3.8, 4) is 5.75 Å². The van der Waals surface area contributed by atoms with E-state index in [-0.39, 0.29) is 18.8 Å². The SMILES string of the molecule is COc1ccc(COC[C@]2(O)C=C(C)C(=O)C[C@@H]2OCc2ccccc2)cc1. The summed E-state index contributed by atoms with van der Waals surface area (Å²) in [4.78, 5) is 12.1. The average molecular weight is 382 g/mol. The minimum Gasteiger partial charge on any atom is -0.497 e. The number of ketones is 1. The van der Waals surface area contributed by atoms with Crippen molar-refractivity contribution in [2.75, 3.05) is 13.7 Å². The lowest BCUT2D eigenvalue weighted by atomic mass is 9.84. The Labute approximate surface area is 165 Å². The number of rotatable bonds is 8. The summed E-state index contributed by atoms with van der Waals surface area (Å²) in [5.74, 6) is 0.763. The van der Waals surface area contributed by atoms with Gasteiger partial charge in [-0.3, -0.25) is 4.79 Å². The molecule has 0 fully saturated rings. The third kappa shape index (κ3) is 5.07. The summed E-state index contributed by atoms with van der Waals surface area (Å²) in [6.07, 6.45) is 1.06. The van der Waals surface area contributed by atoms with E-state index in [9.17, 15) is 9.90 Å². The molecule has 5 nitrogen and oxygen atoms in total. The van der Waals surface area contributed by atoms with Gasteiger partial charge in [-0.05, 0) is 41.8 Å². The molecule has 0 spiro atoms. The standard InChI is InChI=1S/C23H26O5/c1-17-13-23(25,16-27-14-19-8-10-20(26-2)11-9-19)22(12-21(17)24)28-15-18-6-4-3-5-7-18/h3-11,13,22,25H,12,14-16H2,1-2H3/t22-,23+/m0/s1. The molecule has 3 rings (SSSR count). The lowest BCUT2D eigenvalue weighted by Crippen LogP contribution is -2.50. The van der Waals surface area contributed by atoms with E-state index in [2.05, 4.69) is 0 Å². The molecule has 0 aromatic heterocycles. The number of carbonyl (C=O) groups is 1. The first-order valence-corrected chi connectivity index (χ1v) is 9.31. The van der Waals surface area contributed by atoms with Crippen LogP contribution in [-0.2, 0) is 27.5 Å². The lowest BCUT2D eigenvalue weighted by Gasteiger charge is -2.36. The van der Waals surface area contributed by atoms with Crippen molar-refractivity contribution in [3.63, 3.8) is 0 Å². The van der Waals surface area contributed by atoms with Gasteiger partial charge in [0.1, 0.15) is 11.4 Å². The summed E-state index contributed by atoms with van der Waals surface area (Å²) in [6.45, 7) is 2.43. The van der Waals surface area contributed by atoms with Gasteiger partial charge in [0, 0.05) is 6.42 Å². The molecule has 0 heterocycles. The van der Waals surface area contributed by atoms with Gasteiger partial charge in [-0.15, -0.1) is 0 Å². The predicted octanol–water partition coefficient (Wildman–Crippen LogP) is 3.45. The number of methoxy groups -OCH3 is 1. The fourth-order valence-electron chi connectivity index (χ4n) is 3.22. The quantitative estimate of drug-likeness (QED) is 0.758. The van der Waals surface area contributed by atoms with Crippen LogP contribution in [0.15, 0.2) is 66.2 Å². The Balaban J connectivity index is 1.64. The topological polar surface area (TPSA) is 65.0 Å². The first kappa shape index (κ1) is 20.3. The Bertz CT molecular complexity index is 813. The van der Waals surface area contributed by atoms with Crippen LogP contribution in [0.2, 0.25) is 0 Å². The van der Waals surface area contributed by atoms with E-state index < -0.39 is 11.7 Å². The maximum atomic E-state index is 12.1. The monoisotopic (exact) mass is 382 g/mol. The van der Waals surface area contributed by atoms with Gasteiger partial charge in [-0.1, -0.05) is 42.5 Å². The van der Waals surface area contributed by atoms with E-state index >= 15 is 0 Å². The van der Waals surface area contributed by atoms with Gasteiger partial charge in [0.25, 0.3) is 0 Å². The number of hydrogen-bond acceptors (Lipinski definition) is 5. The highest BCUT2D eigenvalue weighted by Crippen LogP contribution is 2.29. The second-order valence-electron chi connectivity index (χ2n) is 7.07. The first-order chi connectivity index (χ1) is 13.5. The molecule has 0 bridgehead atoms. The molecule has 1 aliphatic rings. The molecule has 1 aliphatic carbocycles. The van der Waals surface area contributed by atoms with E-state index in [1.165, 1.54) is 0 Å². The van der Waals surface area contributed by atoms with Crippen LogP contribution >= 0.6 is 0 Å². The molecule has 2 aromatic rings. The Morgan fingerprint density at radius 3 is 2.39 bits per heavy atom. The first-order valence-electron chi connectivity index (χ1n) is 9.31. The largest absolute Gasteiger partial charge is 0.497 e. The highest BCUT2D eigenvalue weighted by atomic mass is 16.5. The van der Waals surface area contributed by atoms with Crippen LogP contribution in [0.3, 0.4) is 0 Å². The number of hydrogen-bond donors (Lipinski definition) is 1. The van der Waals surface area contributed by atoms with Crippen LogP contribution in [0.25, 0.3) is 0 Å². The third-order valence-corrected chi connectivity index (χ3v) is 4.89. The summed E-state index contributed by atoms with van der Waals surface area (Å²) < 4.78 is 16.8. The minimum atomic E-state index is -1.35. The fourth-order valence-corrected chi connectivity index (χ4v) is 3.22. The van der Waals surface area contributed by atoms with Crippen LogP contribution in [-0.4, -0.2) is 36.3 Å². The van der Waals surface area contributed by atoms with Crippen LogP contribution < -0.4 is 4.74 Å². The lowest BCUT2D eigenvalue weighted by molar-refractivity contribution is -0.144. The zero-order valence-electron chi connectivity index (χ0n) is 16.3. The molecule has 2 atom stereocenters. The van der Waals surface area contributed by atoms with Crippen molar-refractivity contribution >= 4 is 5.78 Å². The molecule has 0 unspecified atom stereocenters. The zero-order chi connectivity index (χ0) is 20.0. The molecule has 2 aromatic carbocycles. The normalized spacial score (nSPS) is 22.0. The Morgan fingerprint density at radius 2 is 1.71 bits per heavy atom. The summed E-state index contributed by atoms with van der Waals surface area (Å²) in [5, 5.41) is 11.2. The highest BCUT2D eigenvalue weighted by Gasteiger charge is 2.41. The summed E-state index contributed by atoms with van der Waals surface area (Å²) >= 11 is 0. The average Bonchev–Trinajstić information content (AvgIpc) is 2.71. The van der Waals surface area contributed by atoms with Crippen LogP contribution in [0.1, 0.15) is 24.5 Å². The van der Waals surface area contributed by atoms with Gasteiger partial charge in [0.05, 0.1) is 33.0 Å². The Hall–Kier alpha value is -2.47. The second kappa shape index (κ2) is 9.15. The fraction of sp³-hybridized carbons (Fsp3) is 0.348. The Morgan fingerprint density at radius 1 is 1.04 bits per heavy atom. The summed E-state index contributed by atoms with van der Waals surface area (Å²) in [5.41, 5.74) is 1.15. The highest BCUT2D eigenvalue weighted by molar-refractivity contribution is 5.96. The summed E-state index contributed by atoms with van der Waals surface area (Å²) in [7, 11) is 1.62. The van der Waals surface area contributed by atoms with Crippen LogP contribution in [0, 0.1) is 0 Å². The van der Waals surface area contributed by atoms with Crippen molar-refractivity contribution in [1.29, 1.82) is 0 Å². The molecule has 0 saturated heterocycles. The van der Waals surface area contributed by atoms with Crippen molar-refractivity contribution in [2.45, 2.75) is 38.3 Å².